The lowest BCUT2D eigenvalue weighted by Crippen LogP contribution is -2.40. The monoisotopic (exact) mass is 402 g/mol. The van der Waals surface area contributed by atoms with E-state index in [2.05, 4.69) is 15.9 Å². The Morgan fingerprint density at radius 1 is 1.35 bits per heavy atom. The van der Waals surface area contributed by atoms with Gasteiger partial charge >= 0.3 is 5.97 Å². The highest BCUT2D eigenvalue weighted by atomic mass is 79.9. The molecule has 5 nitrogen and oxygen atoms in total. The first kappa shape index (κ1) is 18.2. The van der Waals surface area contributed by atoms with Gasteiger partial charge in [0.05, 0.1) is 5.41 Å². The van der Waals surface area contributed by atoms with E-state index in [1.807, 2.05) is 29.2 Å². The Morgan fingerprint density at radius 3 is 2.52 bits per heavy atom. The summed E-state index contributed by atoms with van der Waals surface area (Å²) in [6, 6.07) is 6.90. The maximum atomic E-state index is 12.0. The molecule has 3 rings (SSSR count). The molecular weight excluding hydrogens is 384 g/mol. The average Bonchev–Trinajstić information content (AvgIpc) is 2.98. The Hall–Kier alpha value is -1.11. The number of fused-ring (bicyclic) bond motifs is 1. The Bertz CT molecular complexity index is 610. The molecule has 1 amide bonds. The molecule has 2 aliphatic rings. The zero-order valence-electron chi connectivity index (χ0n) is 12.6. The molecule has 1 aliphatic heterocycles. The van der Waals surface area contributed by atoms with E-state index in [1.54, 1.807) is 0 Å². The number of nitrogens with zero attached hydrogens (tertiary/aromatic N) is 1. The lowest BCUT2D eigenvalue weighted by atomic mass is 9.81. The second kappa shape index (κ2) is 6.79. The molecule has 0 spiro atoms. The summed E-state index contributed by atoms with van der Waals surface area (Å²) in [4.78, 5) is 25.7. The molecule has 2 fully saturated rings. The first-order valence-corrected chi connectivity index (χ1v) is 8.25. The van der Waals surface area contributed by atoms with Crippen LogP contribution in [-0.4, -0.2) is 35.0 Å². The molecule has 1 heterocycles. The van der Waals surface area contributed by atoms with Gasteiger partial charge < -0.3 is 10.8 Å². The number of carboxylic acids is 1. The number of amides is 1. The van der Waals surface area contributed by atoms with Crippen molar-refractivity contribution in [2.75, 3.05) is 13.1 Å². The summed E-state index contributed by atoms with van der Waals surface area (Å²) in [5.74, 6) is -1.05. The number of carbonyl (C=O) groups excluding carboxylic acids is 1. The number of nitrogens with two attached hydrogens (primary N) is 1. The van der Waals surface area contributed by atoms with Crippen molar-refractivity contribution in [3.63, 3.8) is 0 Å². The van der Waals surface area contributed by atoms with Gasteiger partial charge in [0.15, 0.2) is 0 Å². The molecule has 7 heteroatoms. The zero-order chi connectivity index (χ0) is 15.9. The SMILES string of the molecule is Cl.NC(=O)C(c1ccc(Br)cc1)N1C[C@@H]2CCC[C@@]2(C(=O)O)C1. The largest absolute Gasteiger partial charge is 0.481 e. The summed E-state index contributed by atoms with van der Waals surface area (Å²) >= 11 is 3.37. The topological polar surface area (TPSA) is 83.6 Å². The van der Waals surface area contributed by atoms with Crippen molar-refractivity contribution < 1.29 is 14.7 Å². The molecule has 1 saturated carbocycles. The fourth-order valence-corrected chi connectivity index (χ4v) is 4.34. The van der Waals surface area contributed by atoms with Gasteiger partial charge in [-0.2, -0.15) is 0 Å². The van der Waals surface area contributed by atoms with Crippen LogP contribution in [0, 0.1) is 11.3 Å². The standard InChI is InChI=1S/C16H19BrN2O3.ClH/c17-12-5-3-10(4-6-12)13(14(18)20)19-8-11-2-1-7-16(11,9-19)15(21)22;/h3-6,11,13H,1-2,7-9H2,(H2,18,20)(H,21,22);1H/t11-,13?,16+;/m0./s1. The van der Waals surface area contributed by atoms with Crippen LogP contribution in [0.3, 0.4) is 0 Å². The molecule has 1 aromatic carbocycles. The van der Waals surface area contributed by atoms with Gasteiger partial charge in [0.25, 0.3) is 0 Å². The van der Waals surface area contributed by atoms with Gasteiger partial charge in [0, 0.05) is 17.6 Å². The highest BCUT2D eigenvalue weighted by molar-refractivity contribution is 9.10. The van der Waals surface area contributed by atoms with Crippen LogP contribution in [0.5, 0.6) is 0 Å². The summed E-state index contributed by atoms with van der Waals surface area (Å²) in [5.41, 5.74) is 5.73. The highest BCUT2D eigenvalue weighted by Crippen LogP contribution is 2.50. The molecule has 3 atom stereocenters. The number of primary amides is 1. The zero-order valence-corrected chi connectivity index (χ0v) is 15.0. The first-order chi connectivity index (χ1) is 10.4. The predicted molar refractivity (Wildman–Crippen MR) is 92.3 cm³/mol. The normalized spacial score (nSPS) is 28.0. The van der Waals surface area contributed by atoms with Crippen molar-refractivity contribution in [2.45, 2.75) is 25.3 Å². The lowest BCUT2D eigenvalue weighted by molar-refractivity contribution is -0.149. The lowest BCUT2D eigenvalue weighted by Gasteiger charge is -2.28. The minimum absolute atomic E-state index is 0. The van der Waals surface area contributed by atoms with Crippen LogP contribution in [0.2, 0.25) is 0 Å². The van der Waals surface area contributed by atoms with Crippen LogP contribution in [-0.2, 0) is 9.59 Å². The first-order valence-electron chi connectivity index (χ1n) is 7.46. The van der Waals surface area contributed by atoms with E-state index in [1.165, 1.54) is 0 Å². The number of rotatable bonds is 4. The summed E-state index contributed by atoms with van der Waals surface area (Å²) in [6.45, 7) is 1.02. The third-order valence-electron chi connectivity index (χ3n) is 5.14. The van der Waals surface area contributed by atoms with Crippen LogP contribution in [0.15, 0.2) is 28.7 Å². The van der Waals surface area contributed by atoms with Crippen molar-refractivity contribution in [3.8, 4) is 0 Å². The summed E-state index contributed by atoms with van der Waals surface area (Å²) in [7, 11) is 0. The predicted octanol–water partition coefficient (Wildman–Crippen LogP) is 2.58. The van der Waals surface area contributed by atoms with Crippen LogP contribution < -0.4 is 5.73 Å². The quantitative estimate of drug-likeness (QED) is 0.809. The van der Waals surface area contributed by atoms with Crippen LogP contribution in [0.1, 0.15) is 30.9 Å². The summed E-state index contributed by atoms with van der Waals surface area (Å²) in [5, 5.41) is 9.67. The van der Waals surface area contributed by atoms with Gasteiger partial charge in [-0.15, -0.1) is 12.4 Å². The Balaban J connectivity index is 0.00000192. The smallest absolute Gasteiger partial charge is 0.311 e. The Labute approximate surface area is 149 Å². The number of hydrogen-bond donors (Lipinski definition) is 2. The van der Waals surface area contributed by atoms with Crippen molar-refractivity contribution in [3.05, 3.63) is 34.3 Å². The molecule has 1 unspecified atom stereocenters. The molecule has 3 N–H and O–H groups in total. The van der Waals surface area contributed by atoms with E-state index in [-0.39, 0.29) is 18.3 Å². The fraction of sp³-hybridized carbons (Fsp3) is 0.500. The Morgan fingerprint density at radius 2 is 2.00 bits per heavy atom. The second-order valence-electron chi connectivity index (χ2n) is 6.34. The van der Waals surface area contributed by atoms with Gasteiger partial charge in [0.1, 0.15) is 6.04 Å². The Kier molecular flexibility index (Phi) is 5.38. The van der Waals surface area contributed by atoms with Gasteiger partial charge in [0.2, 0.25) is 5.91 Å². The number of benzene rings is 1. The number of carbonyl (C=O) groups is 2. The van der Waals surface area contributed by atoms with Crippen LogP contribution >= 0.6 is 28.3 Å². The molecule has 126 valence electrons. The third kappa shape index (κ3) is 3.12. The summed E-state index contributed by atoms with van der Waals surface area (Å²) < 4.78 is 0.930. The van der Waals surface area contributed by atoms with E-state index in [0.29, 0.717) is 19.5 Å². The van der Waals surface area contributed by atoms with Gasteiger partial charge in [-0.05, 0) is 36.5 Å². The van der Waals surface area contributed by atoms with E-state index < -0.39 is 23.3 Å². The molecule has 23 heavy (non-hydrogen) atoms. The maximum absolute atomic E-state index is 12.0. The number of aliphatic carboxylic acids is 1. The minimum atomic E-state index is -0.739. The van der Waals surface area contributed by atoms with Crippen LogP contribution in [0.4, 0.5) is 0 Å². The molecule has 0 bridgehead atoms. The fourth-order valence-electron chi connectivity index (χ4n) is 4.07. The maximum Gasteiger partial charge on any atom is 0.311 e. The number of hydrogen-bond acceptors (Lipinski definition) is 3. The molecule has 1 saturated heterocycles. The highest BCUT2D eigenvalue weighted by Gasteiger charge is 2.56. The average molecular weight is 404 g/mol. The van der Waals surface area contributed by atoms with Crippen molar-refractivity contribution >= 4 is 40.2 Å². The summed E-state index contributed by atoms with van der Waals surface area (Å²) in [6.07, 6.45) is 2.55. The van der Waals surface area contributed by atoms with E-state index >= 15 is 0 Å². The molecule has 0 aromatic heterocycles. The van der Waals surface area contributed by atoms with Crippen molar-refractivity contribution in [2.24, 2.45) is 17.1 Å². The van der Waals surface area contributed by atoms with E-state index in [0.717, 1.165) is 22.9 Å². The van der Waals surface area contributed by atoms with Gasteiger partial charge in [-0.3, -0.25) is 14.5 Å². The van der Waals surface area contributed by atoms with Crippen LogP contribution in [0.25, 0.3) is 0 Å². The molecule has 1 aliphatic carbocycles. The van der Waals surface area contributed by atoms with Gasteiger partial charge in [-0.25, -0.2) is 0 Å². The van der Waals surface area contributed by atoms with E-state index in [4.69, 9.17) is 5.73 Å². The minimum Gasteiger partial charge on any atom is -0.481 e. The second-order valence-corrected chi connectivity index (χ2v) is 7.25. The number of carboxylic acid groups (broad SMARTS) is 1. The molecular formula is C16H20BrClN2O3. The third-order valence-corrected chi connectivity index (χ3v) is 5.67. The van der Waals surface area contributed by atoms with E-state index in [9.17, 15) is 14.7 Å². The van der Waals surface area contributed by atoms with Gasteiger partial charge in [-0.1, -0.05) is 34.5 Å². The number of halogens is 2. The van der Waals surface area contributed by atoms with Crippen molar-refractivity contribution in [1.29, 1.82) is 0 Å². The molecule has 1 aromatic rings. The van der Waals surface area contributed by atoms with Crippen molar-refractivity contribution in [1.82, 2.24) is 4.90 Å². The molecule has 0 radical (unpaired) electrons. The number of likely N-dealkylation sites (tertiary alicyclic amines) is 1.